The predicted molar refractivity (Wildman–Crippen MR) is 130 cm³/mol. The van der Waals surface area contributed by atoms with E-state index < -0.39 is 11.2 Å². The molecule has 0 spiro atoms. The van der Waals surface area contributed by atoms with E-state index in [-0.39, 0.29) is 19.2 Å². The highest BCUT2D eigenvalue weighted by atomic mass is 16.7. The van der Waals surface area contributed by atoms with Crippen molar-refractivity contribution in [2.75, 3.05) is 13.4 Å². The van der Waals surface area contributed by atoms with Crippen molar-refractivity contribution in [3.05, 3.63) is 87.1 Å². The van der Waals surface area contributed by atoms with Gasteiger partial charge in [0.05, 0.1) is 29.6 Å². The molecule has 10 heteroatoms. The lowest BCUT2D eigenvalue weighted by Gasteiger charge is -2.08. The quantitative estimate of drug-likeness (QED) is 0.388. The van der Waals surface area contributed by atoms with Gasteiger partial charge < -0.3 is 23.7 Å². The Kier molecular flexibility index (Phi) is 5.25. The molecule has 0 aliphatic carbocycles. The third kappa shape index (κ3) is 3.78. The van der Waals surface area contributed by atoms with Gasteiger partial charge in [-0.05, 0) is 55.0 Å². The van der Waals surface area contributed by atoms with Crippen LogP contribution in [0.15, 0.2) is 74.8 Å². The summed E-state index contributed by atoms with van der Waals surface area (Å²) in [6, 6.07) is 17.7. The number of hydrogen-bond donors (Lipinski definition) is 1. The first-order valence-corrected chi connectivity index (χ1v) is 11.3. The van der Waals surface area contributed by atoms with E-state index in [0.717, 1.165) is 10.1 Å². The van der Waals surface area contributed by atoms with E-state index in [4.69, 9.17) is 18.7 Å². The van der Waals surface area contributed by atoms with Gasteiger partial charge in [0.25, 0.3) is 11.4 Å². The Balaban J connectivity index is 1.34. The van der Waals surface area contributed by atoms with E-state index >= 15 is 0 Å². The van der Waals surface area contributed by atoms with Crippen molar-refractivity contribution in [2.45, 2.75) is 13.5 Å². The van der Waals surface area contributed by atoms with E-state index in [1.165, 1.54) is 0 Å². The Morgan fingerprint density at radius 2 is 1.89 bits per heavy atom. The molecule has 0 radical (unpaired) electrons. The number of ether oxygens (including phenoxy) is 3. The van der Waals surface area contributed by atoms with E-state index in [9.17, 15) is 9.59 Å². The number of hydrogen-bond acceptors (Lipinski definition) is 8. The van der Waals surface area contributed by atoms with Gasteiger partial charge in [-0.2, -0.15) is 4.98 Å². The molecule has 0 saturated carbocycles. The Morgan fingerprint density at radius 1 is 1.03 bits per heavy atom. The second-order valence-corrected chi connectivity index (χ2v) is 8.12. The minimum Gasteiger partial charge on any atom is -0.493 e. The summed E-state index contributed by atoms with van der Waals surface area (Å²) in [7, 11) is 0. The second kappa shape index (κ2) is 8.73. The topological polar surface area (TPSA) is 121 Å². The summed E-state index contributed by atoms with van der Waals surface area (Å²) < 4.78 is 23.0. The highest BCUT2D eigenvalue weighted by molar-refractivity contribution is 5.82. The first kappa shape index (κ1) is 21.7. The number of nitrogens with zero attached hydrogens (tertiary/aromatic N) is 3. The van der Waals surface area contributed by atoms with E-state index in [1.54, 1.807) is 36.4 Å². The third-order valence-corrected chi connectivity index (χ3v) is 5.86. The summed E-state index contributed by atoms with van der Waals surface area (Å²) >= 11 is 0. The van der Waals surface area contributed by atoms with Gasteiger partial charge in [-0.15, -0.1) is 0 Å². The van der Waals surface area contributed by atoms with Crippen LogP contribution in [0.3, 0.4) is 0 Å². The minimum absolute atomic E-state index is 0.0920. The maximum Gasteiger partial charge on any atom is 0.329 e. The number of fused-ring (bicyclic) bond motifs is 2. The molecule has 180 valence electrons. The molecule has 36 heavy (non-hydrogen) atoms. The summed E-state index contributed by atoms with van der Waals surface area (Å²) in [6.07, 6.45) is 0. The normalized spacial score (nSPS) is 12.2. The number of rotatable bonds is 6. The SMILES string of the molecule is CCOc1ccccc1-c1noc(-c2ccc3c(=O)n(Cc4ccc5c(c4)OCO5)c(=O)[nH]c3c2)n1. The zero-order valence-corrected chi connectivity index (χ0v) is 19.2. The highest BCUT2D eigenvalue weighted by Gasteiger charge is 2.17. The lowest BCUT2D eigenvalue weighted by atomic mass is 10.1. The highest BCUT2D eigenvalue weighted by Crippen LogP contribution is 2.33. The number of aromatic nitrogens is 4. The van der Waals surface area contributed by atoms with E-state index in [0.29, 0.717) is 51.7 Å². The van der Waals surface area contributed by atoms with Crippen LogP contribution in [0.5, 0.6) is 17.2 Å². The number of nitrogens with one attached hydrogen (secondary N) is 1. The van der Waals surface area contributed by atoms with E-state index in [1.807, 2.05) is 31.2 Å². The van der Waals surface area contributed by atoms with Gasteiger partial charge in [0, 0.05) is 5.56 Å². The van der Waals surface area contributed by atoms with Gasteiger partial charge in [0.2, 0.25) is 12.6 Å². The maximum atomic E-state index is 13.1. The lowest BCUT2D eigenvalue weighted by Crippen LogP contribution is -2.35. The molecule has 0 unspecified atom stereocenters. The average Bonchev–Trinajstić information content (AvgIpc) is 3.56. The van der Waals surface area contributed by atoms with Gasteiger partial charge in [0.1, 0.15) is 5.75 Å². The van der Waals surface area contributed by atoms with Crippen LogP contribution >= 0.6 is 0 Å². The summed E-state index contributed by atoms with van der Waals surface area (Å²) in [6.45, 7) is 2.65. The predicted octanol–water partition coefficient (Wildman–Crippen LogP) is 3.58. The van der Waals surface area contributed by atoms with Crippen LogP contribution in [-0.4, -0.2) is 33.1 Å². The van der Waals surface area contributed by atoms with Crippen molar-refractivity contribution in [3.63, 3.8) is 0 Å². The van der Waals surface area contributed by atoms with Crippen LogP contribution in [0.25, 0.3) is 33.7 Å². The molecule has 6 rings (SSSR count). The fourth-order valence-electron chi connectivity index (χ4n) is 4.14. The van der Waals surface area contributed by atoms with Crippen LogP contribution in [0.4, 0.5) is 0 Å². The molecule has 3 aromatic carbocycles. The maximum absolute atomic E-state index is 13.1. The number of para-hydroxylation sites is 1. The number of benzene rings is 3. The molecular formula is C26H20N4O6. The Bertz CT molecular complexity index is 1720. The molecular weight excluding hydrogens is 464 g/mol. The van der Waals surface area contributed by atoms with Gasteiger partial charge in [-0.1, -0.05) is 23.4 Å². The van der Waals surface area contributed by atoms with Crippen LogP contribution in [0, 0.1) is 0 Å². The van der Waals surface area contributed by atoms with Crippen molar-refractivity contribution in [3.8, 4) is 40.1 Å². The molecule has 2 aromatic heterocycles. The lowest BCUT2D eigenvalue weighted by molar-refractivity contribution is 0.174. The fraction of sp³-hybridized carbons (Fsp3) is 0.154. The zero-order valence-electron chi connectivity index (χ0n) is 19.2. The summed E-state index contributed by atoms with van der Waals surface area (Å²) in [4.78, 5) is 33.2. The molecule has 0 atom stereocenters. The van der Waals surface area contributed by atoms with Gasteiger partial charge in [-0.25, -0.2) is 4.79 Å². The van der Waals surface area contributed by atoms with Crippen molar-refractivity contribution < 1.29 is 18.7 Å². The molecule has 1 N–H and O–H groups in total. The van der Waals surface area contributed by atoms with Crippen LogP contribution in [0.2, 0.25) is 0 Å². The summed E-state index contributed by atoms with van der Waals surface area (Å²) in [5.41, 5.74) is 1.45. The van der Waals surface area contributed by atoms with Crippen molar-refractivity contribution in [2.24, 2.45) is 0 Å². The molecule has 0 saturated heterocycles. The van der Waals surface area contributed by atoms with Gasteiger partial charge in [0.15, 0.2) is 11.5 Å². The Hall–Kier alpha value is -4.86. The van der Waals surface area contributed by atoms with Gasteiger partial charge >= 0.3 is 5.69 Å². The van der Waals surface area contributed by atoms with Crippen LogP contribution in [-0.2, 0) is 6.54 Å². The molecule has 0 fully saturated rings. The first-order chi connectivity index (χ1) is 17.6. The molecule has 5 aromatic rings. The third-order valence-electron chi connectivity index (χ3n) is 5.86. The standard InChI is InChI=1S/C26H20N4O6/c1-2-33-20-6-4-3-5-18(20)23-28-24(36-29-23)16-8-9-17-19(12-16)27-26(32)30(25(17)31)13-15-7-10-21-22(11-15)35-14-34-21/h3-12H,2,13-14H2,1H3,(H,27,32). The van der Waals surface area contributed by atoms with Crippen molar-refractivity contribution >= 4 is 10.9 Å². The summed E-state index contributed by atoms with van der Waals surface area (Å²) in [5.74, 6) is 2.50. The Morgan fingerprint density at radius 3 is 2.78 bits per heavy atom. The smallest absolute Gasteiger partial charge is 0.329 e. The molecule has 1 aliphatic heterocycles. The fourth-order valence-corrected chi connectivity index (χ4v) is 4.14. The van der Waals surface area contributed by atoms with E-state index in [2.05, 4.69) is 15.1 Å². The second-order valence-electron chi connectivity index (χ2n) is 8.12. The molecule has 0 bridgehead atoms. The molecule has 3 heterocycles. The molecule has 10 nitrogen and oxygen atoms in total. The summed E-state index contributed by atoms with van der Waals surface area (Å²) in [5, 5.41) is 4.45. The monoisotopic (exact) mass is 484 g/mol. The van der Waals surface area contributed by atoms with Crippen molar-refractivity contribution in [1.29, 1.82) is 0 Å². The van der Waals surface area contributed by atoms with Crippen LogP contribution < -0.4 is 25.5 Å². The van der Waals surface area contributed by atoms with Crippen LogP contribution in [0.1, 0.15) is 12.5 Å². The Labute approximate surface area is 203 Å². The van der Waals surface area contributed by atoms with Crippen molar-refractivity contribution in [1.82, 2.24) is 19.7 Å². The van der Waals surface area contributed by atoms with Gasteiger partial charge in [-0.3, -0.25) is 9.36 Å². The largest absolute Gasteiger partial charge is 0.493 e. The average molecular weight is 484 g/mol. The number of aromatic amines is 1. The zero-order chi connectivity index (χ0) is 24.6. The molecule has 1 aliphatic rings. The first-order valence-electron chi connectivity index (χ1n) is 11.3. The minimum atomic E-state index is -0.529. The number of H-pyrrole nitrogens is 1. The molecule has 0 amide bonds.